The van der Waals surface area contributed by atoms with Crippen molar-refractivity contribution in [2.75, 3.05) is 31.6 Å². The molecule has 0 radical (unpaired) electrons. The van der Waals surface area contributed by atoms with Gasteiger partial charge in [-0.25, -0.2) is 4.98 Å². The van der Waals surface area contributed by atoms with E-state index in [0.29, 0.717) is 24.9 Å². The maximum atomic E-state index is 5.81. The number of rotatable bonds is 5. The predicted octanol–water partition coefficient (Wildman–Crippen LogP) is 3.52. The van der Waals surface area contributed by atoms with Crippen LogP contribution in [0.3, 0.4) is 0 Å². The van der Waals surface area contributed by atoms with Crippen molar-refractivity contribution in [1.82, 2.24) is 10.3 Å². The van der Waals surface area contributed by atoms with E-state index in [2.05, 4.69) is 20.6 Å². The Bertz CT molecular complexity index is 750. The van der Waals surface area contributed by atoms with Crippen molar-refractivity contribution in [3.63, 3.8) is 0 Å². The van der Waals surface area contributed by atoms with E-state index in [-0.39, 0.29) is 0 Å². The molecule has 1 aromatic heterocycles. The van der Waals surface area contributed by atoms with Crippen LogP contribution in [0.25, 0.3) is 0 Å². The molecule has 3 rings (SSSR count). The third-order valence-corrected chi connectivity index (χ3v) is 4.04. The van der Waals surface area contributed by atoms with Gasteiger partial charge < -0.3 is 20.1 Å². The number of anilines is 1. The van der Waals surface area contributed by atoms with Crippen molar-refractivity contribution in [3.8, 4) is 11.5 Å². The second-order valence-corrected chi connectivity index (χ2v) is 6.22. The summed E-state index contributed by atoms with van der Waals surface area (Å²) < 4.78 is 11.4. The number of halogens is 1. The van der Waals surface area contributed by atoms with Crippen LogP contribution in [0.2, 0.25) is 5.15 Å². The van der Waals surface area contributed by atoms with Gasteiger partial charge in [0.2, 0.25) is 0 Å². The van der Waals surface area contributed by atoms with Gasteiger partial charge in [0.15, 0.2) is 17.5 Å². The van der Waals surface area contributed by atoms with Crippen LogP contribution in [0.5, 0.6) is 11.5 Å². The average molecular weight is 375 g/mol. The average Bonchev–Trinajstić information content (AvgIpc) is 2.88. The summed E-state index contributed by atoms with van der Waals surface area (Å²) in [5, 5.41) is 7.06. The summed E-state index contributed by atoms with van der Waals surface area (Å²) in [7, 11) is 0. The van der Waals surface area contributed by atoms with E-state index >= 15 is 0 Å². The van der Waals surface area contributed by atoms with Crippen LogP contribution < -0.4 is 20.1 Å². The molecule has 0 saturated heterocycles. The number of aromatic nitrogens is 1. The molecule has 2 heterocycles. The van der Waals surface area contributed by atoms with Crippen LogP contribution in [0.1, 0.15) is 18.9 Å². The molecule has 7 heteroatoms. The van der Waals surface area contributed by atoms with Crippen LogP contribution >= 0.6 is 11.6 Å². The molecule has 0 atom stereocenters. The number of benzene rings is 1. The van der Waals surface area contributed by atoms with Crippen LogP contribution in [-0.4, -0.2) is 37.2 Å². The van der Waals surface area contributed by atoms with E-state index in [1.54, 1.807) is 12.3 Å². The lowest BCUT2D eigenvalue weighted by Crippen LogP contribution is -2.30. The molecule has 6 nitrogen and oxygen atoms in total. The van der Waals surface area contributed by atoms with Crippen molar-refractivity contribution < 1.29 is 9.47 Å². The lowest BCUT2D eigenvalue weighted by atomic mass is 10.2. The van der Waals surface area contributed by atoms with E-state index in [0.717, 1.165) is 48.1 Å². The number of ether oxygens (including phenoxy) is 2. The Morgan fingerprint density at radius 2 is 2.04 bits per heavy atom. The highest BCUT2D eigenvalue weighted by molar-refractivity contribution is 6.29. The number of guanidine groups is 1. The number of pyridine rings is 1. The maximum Gasteiger partial charge on any atom is 0.195 e. The fourth-order valence-electron chi connectivity index (χ4n) is 2.54. The molecule has 0 saturated carbocycles. The first-order chi connectivity index (χ1) is 12.7. The lowest BCUT2D eigenvalue weighted by molar-refractivity contribution is 0.297. The molecular formula is C19H23ClN4O2. The maximum absolute atomic E-state index is 5.81. The normalized spacial score (nSPS) is 13.8. The Labute approximate surface area is 158 Å². The molecule has 26 heavy (non-hydrogen) atoms. The molecule has 0 spiro atoms. The summed E-state index contributed by atoms with van der Waals surface area (Å²) in [6.45, 7) is 4.81. The summed E-state index contributed by atoms with van der Waals surface area (Å²) in [5.74, 6) is 2.27. The predicted molar refractivity (Wildman–Crippen MR) is 105 cm³/mol. The van der Waals surface area contributed by atoms with Crippen molar-refractivity contribution in [3.05, 3.63) is 47.2 Å². The minimum absolute atomic E-state index is 0.502. The Morgan fingerprint density at radius 3 is 2.81 bits per heavy atom. The van der Waals surface area contributed by atoms with Crippen molar-refractivity contribution in [2.24, 2.45) is 4.99 Å². The standard InChI is InChI=1S/C19H23ClN4O2/c1-2-21-19(22-9-8-14-4-7-18(20)23-13-14)24-15-5-6-16-17(12-15)26-11-3-10-25-16/h4-7,12-13H,2-3,8-11H2,1H3,(H2,21,22,24). The summed E-state index contributed by atoms with van der Waals surface area (Å²) in [5.41, 5.74) is 2.01. The summed E-state index contributed by atoms with van der Waals surface area (Å²) in [4.78, 5) is 8.71. The highest BCUT2D eigenvalue weighted by Crippen LogP contribution is 2.32. The summed E-state index contributed by atoms with van der Waals surface area (Å²) in [6, 6.07) is 9.59. The quantitative estimate of drug-likeness (QED) is 0.476. The fraction of sp³-hybridized carbons (Fsp3) is 0.368. The molecule has 1 aliphatic heterocycles. The highest BCUT2D eigenvalue weighted by atomic mass is 35.5. The van der Waals surface area contributed by atoms with E-state index in [1.165, 1.54) is 0 Å². The third kappa shape index (κ3) is 5.26. The van der Waals surface area contributed by atoms with Crippen LogP contribution in [-0.2, 0) is 6.42 Å². The molecule has 0 amide bonds. The zero-order chi connectivity index (χ0) is 18.2. The van der Waals surface area contributed by atoms with Gasteiger partial charge in [0.1, 0.15) is 5.15 Å². The van der Waals surface area contributed by atoms with E-state index < -0.39 is 0 Å². The van der Waals surface area contributed by atoms with Gasteiger partial charge in [-0.2, -0.15) is 0 Å². The largest absolute Gasteiger partial charge is 0.490 e. The lowest BCUT2D eigenvalue weighted by Gasteiger charge is -2.13. The zero-order valence-electron chi connectivity index (χ0n) is 14.8. The molecule has 138 valence electrons. The monoisotopic (exact) mass is 374 g/mol. The Morgan fingerprint density at radius 1 is 1.19 bits per heavy atom. The summed E-state index contributed by atoms with van der Waals surface area (Å²) in [6.07, 6.45) is 3.46. The number of aliphatic imine (C=N–C) groups is 1. The molecule has 0 fully saturated rings. The SMILES string of the molecule is CCNC(=NCCc1ccc(Cl)nc1)Nc1ccc2c(c1)OCCCO2. The Kier molecular flexibility index (Phi) is 6.55. The molecule has 0 bridgehead atoms. The number of fused-ring (bicyclic) bond motifs is 1. The van der Waals surface area contributed by atoms with Gasteiger partial charge in [0.05, 0.1) is 13.2 Å². The van der Waals surface area contributed by atoms with Gasteiger partial charge >= 0.3 is 0 Å². The van der Waals surface area contributed by atoms with Crippen molar-refractivity contribution >= 4 is 23.2 Å². The molecule has 2 N–H and O–H groups in total. The number of nitrogens with one attached hydrogen (secondary N) is 2. The minimum atomic E-state index is 0.502. The first-order valence-corrected chi connectivity index (χ1v) is 9.18. The van der Waals surface area contributed by atoms with Crippen molar-refractivity contribution in [1.29, 1.82) is 0 Å². The van der Waals surface area contributed by atoms with E-state index in [4.69, 9.17) is 21.1 Å². The highest BCUT2D eigenvalue weighted by Gasteiger charge is 2.11. The van der Waals surface area contributed by atoms with Gasteiger partial charge in [-0.1, -0.05) is 17.7 Å². The van der Waals surface area contributed by atoms with Crippen molar-refractivity contribution in [2.45, 2.75) is 19.8 Å². The number of nitrogens with zero attached hydrogens (tertiary/aromatic N) is 2. The smallest absolute Gasteiger partial charge is 0.195 e. The molecule has 1 aromatic carbocycles. The molecule has 0 unspecified atom stereocenters. The summed E-state index contributed by atoms with van der Waals surface area (Å²) >= 11 is 5.81. The van der Waals surface area contributed by atoms with Crippen LogP contribution in [0.15, 0.2) is 41.5 Å². The second kappa shape index (κ2) is 9.29. The number of hydrogen-bond donors (Lipinski definition) is 2. The van der Waals surface area contributed by atoms with Gasteiger partial charge in [0, 0.05) is 37.5 Å². The van der Waals surface area contributed by atoms with Gasteiger partial charge in [-0.05, 0) is 37.1 Å². The van der Waals surface area contributed by atoms with Gasteiger partial charge in [-0.15, -0.1) is 0 Å². The third-order valence-electron chi connectivity index (χ3n) is 3.81. The Hall–Kier alpha value is -2.47. The van der Waals surface area contributed by atoms with Crippen LogP contribution in [0.4, 0.5) is 5.69 Å². The molecular weight excluding hydrogens is 352 g/mol. The zero-order valence-corrected chi connectivity index (χ0v) is 15.6. The van der Waals surface area contributed by atoms with E-state index in [1.807, 2.05) is 31.2 Å². The first kappa shape index (κ1) is 18.3. The van der Waals surface area contributed by atoms with Crippen LogP contribution in [0, 0.1) is 0 Å². The van der Waals surface area contributed by atoms with E-state index in [9.17, 15) is 0 Å². The first-order valence-electron chi connectivity index (χ1n) is 8.80. The Balaban J connectivity index is 1.64. The minimum Gasteiger partial charge on any atom is -0.490 e. The molecule has 2 aromatic rings. The second-order valence-electron chi connectivity index (χ2n) is 5.84. The molecule has 1 aliphatic rings. The number of hydrogen-bond acceptors (Lipinski definition) is 4. The van der Waals surface area contributed by atoms with Gasteiger partial charge in [-0.3, -0.25) is 4.99 Å². The molecule has 0 aliphatic carbocycles. The fourth-order valence-corrected chi connectivity index (χ4v) is 2.65. The van der Waals surface area contributed by atoms with Gasteiger partial charge in [0.25, 0.3) is 0 Å². The topological polar surface area (TPSA) is 67.8 Å².